The first-order chi connectivity index (χ1) is 14.7. The van der Waals surface area contributed by atoms with Gasteiger partial charge in [-0.3, -0.25) is 0 Å². The molecule has 7 nitrogen and oxygen atoms in total. The molecule has 34 heavy (non-hydrogen) atoms. The molecule has 0 aromatic heterocycles. The molecule has 14 heteroatoms. The third-order valence-corrected chi connectivity index (χ3v) is 22.7. The molecule has 0 amide bonds. The fourth-order valence-corrected chi connectivity index (χ4v) is 25.0. The lowest BCUT2D eigenvalue weighted by atomic mass is 10.9. The first-order valence-electron chi connectivity index (χ1n) is 12.4. The number of hydrogen-bond donors (Lipinski definition) is 0. The molecule has 0 fully saturated rings. The van der Waals surface area contributed by atoms with Crippen LogP contribution in [0.15, 0.2) is 0 Å². The van der Waals surface area contributed by atoms with Gasteiger partial charge in [0.25, 0.3) is 0 Å². The van der Waals surface area contributed by atoms with Gasteiger partial charge in [-0.25, -0.2) is 0 Å². The summed E-state index contributed by atoms with van der Waals surface area (Å²) in [5, 5.41) is 0. The molecule has 0 rings (SSSR count). The molecular formula is C20H58O7Si7. The first kappa shape index (κ1) is 37.4. The second kappa shape index (κ2) is 13.9. The molecule has 0 N–H and O–H groups in total. The molecule has 0 aliphatic heterocycles. The molecule has 0 atom stereocenters. The van der Waals surface area contributed by atoms with Gasteiger partial charge in [-0.05, 0) is 112 Å². The molecule has 0 saturated carbocycles. The average molecular weight is 607 g/mol. The summed E-state index contributed by atoms with van der Waals surface area (Å²) in [6.07, 6.45) is 0. The highest BCUT2D eigenvalue weighted by atomic mass is 28.5. The van der Waals surface area contributed by atoms with Crippen molar-refractivity contribution in [1.29, 1.82) is 0 Å². The maximum absolute atomic E-state index is 6.30. The summed E-state index contributed by atoms with van der Waals surface area (Å²) in [5.74, 6) is 0. The zero-order valence-corrected chi connectivity index (χ0v) is 32.8. The van der Waals surface area contributed by atoms with E-state index < -0.39 is 59.4 Å². The maximum atomic E-state index is 6.30. The van der Waals surface area contributed by atoms with Crippen LogP contribution in [0.4, 0.5) is 0 Å². The molecule has 0 spiro atoms. The molecule has 0 aromatic rings. The third-order valence-electron chi connectivity index (χ3n) is 3.00. The van der Waals surface area contributed by atoms with Crippen LogP contribution in [0.5, 0.6) is 0 Å². The van der Waals surface area contributed by atoms with Gasteiger partial charge < -0.3 is 29.4 Å². The van der Waals surface area contributed by atoms with Crippen molar-refractivity contribution in [2.24, 2.45) is 0 Å². The van der Waals surface area contributed by atoms with Crippen LogP contribution < -0.4 is 0 Å². The predicted octanol–water partition coefficient (Wildman–Crippen LogP) is 7.31. The van der Waals surface area contributed by atoms with Crippen LogP contribution in [0.1, 0.15) is 13.8 Å². The summed E-state index contributed by atoms with van der Waals surface area (Å²) in [6, 6.07) is 0. The molecule has 0 unspecified atom stereocenters. The Morgan fingerprint density at radius 3 is 0.765 bits per heavy atom. The van der Waals surface area contributed by atoms with E-state index in [1.807, 2.05) is 20.4 Å². The van der Waals surface area contributed by atoms with Crippen molar-refractivity contribution >= 4 is 59.4 Å². The van der Waals surface area contributed by atoms with Crippen molar-refractivity contribution in [3.8, 4) is 0 Å². The molecule has 0 radical (unpaired) electrons. The van der Waals surface area contributed by atoms with E-state index in [1.54, 1.807) is 0 Å². The third kappa shape index (κ3) is 22.4. The van der Waals surface area contributed by atoms with Gasteiger partial charge >= 0.3 is 17.9 Å². The molecular weight excluding hydrogens is 549 g/mol. The van der Waals surface area contributed by atoms with Gasteiger partial charge in [0.2, 0.25) is 0 Å². The lowest BCUT2D eigenvalue weighted by Crippen LogP contribution is -2.62. The van der Waals surface area contributed by atoms with Crippen molar-refractivity contribution in [2.75, 3.05) is 13.2 Å². The fraction of sp³-hybridized carbons (Fsp3) is 1.00. The second-order valence-corrected chi connectivity index (χ2v) is 41.8. The summed E-state index contributed by atoms with van der Waals surface area (Å²) in [6.45, 7) is 39.6. The van der Waals surface area contributed by atoms with Crippen LogP contribution in [0.25, 0.3) is 0 Å². The number of rotatable bonds is 14. The highest BCUT2D eigenvalue weighted by molar-refractivity contribution is 6.88. The summed E-state index contributed by atoms with van der Waals surface area (Å²) >= 11 is 0. The number of hydrogen-bond acceptors (Lipinski definition) is 7. The van der Waals surface area contributed by atoms with Crippen LogP contribution in [-0.4, -0.2) is 72.7 Å². The smallest absolute Gasteiger partial charge is 0.417 e. The second-order valence-electron chi connectivity index (χ2n) is 13.3. The minimum atomic E-state index is -3.02. The van der Waals surface area contributed by atoms with Gasteiger partial charge in [0, 0.05) is 19.8 Å². The Labute approximate surface area is 220 Å². The van der Waals surface area contributed by atoms with Crippen LogP contribution in [0.2, 0.25) is 105 Å². The monoisotopic (exact) mass is 606 g/mol. The van der Waals surface area contributed by atoms with Gasteiger partial charge in [0.1, 0.15) is 0 Å². The zero-order chi connectivity index (χ0) is 27.9. The highest BCUT2D eigenvalue weighted by Gasteiger charge is 2.53. The highest BCUT2D eigenvalue weighted by Crippen LogP contribution is 2.26. The molecule has 0 heterocycles. The van der Waals surface area contributed by atoms with E-state index in [0.717, 1.165) is 0 Å². The topological polar surface area (TPSA) is 64.6 Å². The van der Waals surface area contributed by atoms with Gasteiger partial charge in [-0.15, -0.1) is 0 Å². The van der Waals surface area contributed by atoms with E-state index in [2.05, 4.69) is 98.2 Å². The van der Waals surface area contributed by atoms with Gasteiger partial charge in [0.15, 0.2) is 41.6 Å². The Morgan fingerprint density at radius 1 is 0.353 bits per heavy atom. The fourth-order valence-electron chi connectivity index (χ4n) is 2.91. The van der Waals surface area contributed by atoms with Crippen molar-refractivity contribution in [1.82, 2.24) is 0 Å². The lowest BCUT2D eigenvalue weighted by molar-refractivity contribution is 0.0893. The molecule has 0 aliphatic carbocycles. The molecule has 208 valence electrons. The Bertz CT molecular complexity index is 517. The minimum Gasteiger partial charge on any atom is -0.417 e. The van der Waals surface area contributed by atoms with E-state index in [0.29, 0.717) is 13.2 Å². The molecule has 0 saturated heterocycles. The van der Waals surface area contributed by atoms with Crippen molar-refractivity contribution < 1.29 is 29.4 Å². The largest absolute Gasteiger partial charge is 0.647 e. The Morgan fingerprint density at radius 2 is 0.588 bits per heavy atom. The maximum Gasteiger partial charge on any atom is 0.647 e. The van der Waals surface area contributed by atoms with Crippen molar-refractivity contribution in [3.05, 3.63) is 0 Å². The average Bonchev–Trinajstić information content (AvgIpc) is 2.36. The van der Waals surface area contributed by atoms with Gasteiger partial charge in [-0.1, -0.05) is 0 Å². The van der Waals surface area contributed by atoms with Crippen LogP contribution >= 0.6 is 0 Å². The van der Waals surface area contributed by atoms with Gasteiger partial charge in [-0.2, -0.15) is 0 Å². The molecule has 0 bridgehead atoms. The summed E-state index contributed by atoms with van der Waals surface area (Å²) in [5.41, 5.74) is 0. The Kier molecular flexibility index (Phi) is 15.2. The summed E-state index contributed by atoms with van der Waals surface area (Å²) in [4.78, 5) is 0. The normalized spacial score (nSPS) is 14.6. The molecule has 0 aromatic carbocycles. The zero-order valence-electron chi connectivity index (χ0n) is 25.8. The van der Waals surface area contributed by atoms with Gasteiger partial charge in [0.05, 0.1) is 0 Å². The van der Waals surface area contributed by atoms with Crippen LogP contribution in [-0.2, 0) is 29.4 Å². The van der Waals surface area contributed by atoms with Crippen molar-refractivity contribution in [2.45, 2.75) is 119 Å². The Hall–Kier alpha value is 1.24. The predicted molar refractivity (Wildman–Crippen MR) is 163 cm³/mol. The quantitative estimate of drug-likeness (QED) is 0.192. The van der Waals surface area contributed by atoms with E-state index in [1.165, 1.54) is 0 Å². The standard InChI is InChI=1S/C11H32O4Si4.C9H26O3Si3/c1-11-12-19(13-16(2,3)4,14-17(5,6)7)15-18(8,9)10;1-9-10-15(8,11-13(2,3)4)12-14(5,6)7/h11H2,1-10H3;9H2,1-8H3. The molecule has 0 aliphatic rings. The van der Waals surface area contributed by atoms with E-state index in [-0.39, 0.29) is 0 Å². The lowest BCUT2D eigenvalue weighted by Gasteiger charge is -2.40. The van der Waals surface area contributed by atoms with E-state index in [9.17, 15) is 0 Å². The van der Waals surface area contributed by atoms with Crippen LogP contribution in [0, 0.1) is 0 Å². The van der Waals surface area contributed by atoms with Crippen molar-refractivity contribution in [3.63, 3.8) is 0 Å². The van der Waals surface area contributed by atoms with E-state index in [4.69, 9.17) is 29.4 Å². The SMILES string of the molecule is CCO[Si](C)(O[Si](C)(C)C)O[Si](C)(C)C.CCO[Si](O[Si](C)(C)C)(O[Si](C)(C)C)O[Si](C)(C)C. The summed E-state index contributed by atoms with van der Waals surface area (Å²) < 4.78 is 42.8. The van der Waals surface area contributed by atoms with Crippen LogP contribution in [0.3, 0.4) is 0 Å². The minimum absolute atomic E-state index is 0.561. The Balaban J connectivity index is 0. The van der Waals surface area contributed by atoms with E-state index >= 15 is 0 Å². The first-order valence-corrected chi connectivity index (χ1v) is 33.3. The summed E-state index contributed by atoms with van der Waals surface area (Å²) in [7, 11) is -14.0.